The fraction of sp³-hybridized carbons (Fsp3) is 0.600. The third-order valence-electron chi connectivity index (χ3n) is 3.17. The molecule has 0 radical (unpaired) electrons. The van der Waals surface area contributed by atoms with Crippen LogP contribution in [-0.2, 0) is 0 Å². The first-order valence-electron chi connectivity index (χ1n) is 6.54. The van der Waals surface area contributed by atoms with Gasteiger partial charge < -0.3 is 5.32 Å². The minimum atomic E-state index is 0.670. The molecular weight excluding hydrogens is 226 g/mol. The Morgan fingerprint density at radius 1 is 1.29 bits per heavy atom. The Kier molecular flexibility index (Phi) is 7.38. The maximum atomic E-state index is 3.49. The predicted octanol–water partition coefficient (Wildman–Crippen LogP) is 3.83. The SMILES string of the molecule is CCNCC(CCCSC)c1ccccc1C. The van der Waals surface area contributed by atoms with Gasteiger partial charge in [-0.25, -0.2) is 0 Å². The van der Waals surface area contributed by atoms with Gasteiger partial charge in [0.25, 0.3) is 0 Å². The standard InChI is InChI=1S/C15H25NS/c1-4-16-12-14(9-7-11-17-3)15-10-6-5-8-13(15)2/h5-6,8,10,14,16H,4,7,9,11-12H2,1-3H3. The van der Waals surface area contributed by atoms with Crippen LogP contribution in [-0.4, -0.2) is 25.1 Å². The molecule has 0 aromatic heterocycles. The van der Waals surface area contributed by atoms with E-state index in [9.17, 15) is 0 Å². The number of hydrogen-bond donors (Lipinski definition) is 1. The number of rotatable bonds is 8. The van der Waals surface area contributed by atoms with Crippen LogP contribution in [0.15, 0.2) is 24.3 Å². The van der Waals surface area contributed by atoms with E-state index in [0.717, 1.165) is 13.1 Å². The molecule has 1 aromatic carbocycles. The summed E-state index contributed by atoms with van der Waals surface area (Å²) in [5.74, 6) is 1.94. The Bertz CT molecular complexity index is 312. The van der Waals surface area contributed by atoms with Crippen LogP contribution in [0.3, 0.4) is 0 Å². The third-order valence-corrected chi connectivity index (χ3v) is 3.87. The maximum Gasteiger partial charge on any atom is 0.00201 e. The molecule has 0 aliphatic carbocycles. The van der Waals surface area contributed by atoms with Gasteiger partial charge >= 0.3 is 0 Å². The zero-order valence-electron chi connectivity index (χ0n) is 11.3. The Morgan fingerprint density at radius 2 is 2.06 bits per heavy atom. The number of aryl methyl sites for hydroxylation is 1. The van der Waals surface area contributed by atoms with E-state index in [2.05, 4.69) is 49.7 Å². The summed E-state index contributed by atoms with van der Waals surface area (Å²) >= 11 is 1.95. The lowest BCUT2D eigenvalue weighted by molar-refractivity contribution is 0.555. The van der Waals surface area contributed by atoms with Crippen molar-refractivity contribution in [1.82, 2.24) is 5.32 Å². The summed E-state index contributed by atoms with van der Waals surface area (Å²) in [6.07, 6.45) is 4.79. The predicted molar refractivity (Wildman–Crippen MR) is 80.1 cm³/mol. The Labute approximate surface area is 110 Å². The van der Waals surface area contributed by atoms with Gasteiger partial charge in [0.05, 0.1) is 0 Å². The lowest BCUT2D eigenvalue weighted by Crippen LogP contribution is -2.22. The summed E-state index contributed by atoms with van der Waals surface area (Å²) in [5, 5.41) is 3.49. The molecule has 1 N–H and O–H groups in total. The minimum Gasteiger partial charge on any atom is -0.316 e. The van der Waals surface area contributed by atoms with Gasteiger partial charge in [0.2, 0.25) is 0 Å². The highest BCUT2D eigenvalue weighted by atomic mass is 32.2. The van der Waals surface area contributed by atoms with Gasteiger partial charge in [-0.1, -0.05) is 31.2 Å². The van der Waals surface area contributed by atoms with Crippen molar-refractivity contribution in [2.45, 2.75) is 32.6 Å². The van der Waals surface area contributed by atoms with E-state index in [1.54, 1.807) is 0 Å². The quantitative estimate of drug-likeness (QED) is 0.705. The first-order chi connectivity index (χ1) is 8.29. The molecule has 2 heteroatoms. The van der Waals surface area contributed by atoms with Crippen LogP contribution in [0.2, 0.25) is 0 Å². The van der Waals surface area contributed by atoms with Crippen molar-refractivity contribution in [1.29, 1.82) is 0 Å². The molecule has 1 nitrogen and oxygen atoms in total. The maximum absolute atomic E-state index is 3.49. The van der Waals surface area contributed by atoms with E-state index in [1.165, 1.54) is 29.7 Å². The third kappa shape index (κ3) is 5.13. The molecule has 0 heterocycles. The molecule has 0 saturated carbocycles. The monoisotopic (exact) mass is 251 g/mol. The van der Waals surface area contributed by atoms with Crippen molar-refractivity contribution in [3.8, 4) is 0 Å². The smallest absolute Gasteiger partial charge is 0.00201 e. The van der Waals surface area contributed by atoms with Gasteiger partial charge in [0.1, 0.15) is 0 Å². The summed E-state index contributed by atoms with van der Waals surface area (Å²) in [6.45, 7) is 6.57. The second-order valence-electron chi connectivity index (χ2n) is 4.50. The number of nitrogens with one attached hydrogen (secondary N) is 1. The zero-order chi connectivity index (χ0) is 12.5. The molecule has 0 spiro atoms. The summed E-state index contributed by atoms with van der Waals surface area (Å²) in [7, 11) is 0. The number of benzene rings is 1. The van der Waals surface area contributed by atoms with Gasteiger partial charge in [-0.05, 0) is 55.4 Å². The van der Waals surface area contributed by atoms with E-state index in [4.69, 9.17) is 0 Å². The highest BCUT2D eigenvalue weighted by molar-refractivity contribution is 7.98. The van der Waals surface area contributed by atoms with Gasteiger partial charge in [0, 0.05) is 6.54 Å². The van der Waals surface area contributed by atoms with Crippen molar-refractivity contribution < 1.29 is 0 Å². The fourth-order valence-corrected chi connectivity index (χ4v) is 2.66. The van der Waals surface area contributed by atoms with Gasteiger partial charge in [-0.15, -0.1) is 0 Å². The molecule has 17 heavy (non-hydrogen) atoms. The fourth-order valence-electron chi connectivity index (χ4n) is 2.21. The summed E-state index contributed by atoms with van der Waals surface area (Å²) in [6, 6.07) is 8.81. The second kappa shape index (κ2) is 8.60. The normalized spacial score (nSPS) is 12.6. The topological polar surface area (TPSA) is 12.0 Å². The Hall–Kier alpha value is -0.470. The number of likely N-dealkylation sites (N-methyl/N-ethyl adjacent to an activating group) is 1. The average Bonchev–Trinajstić information content (AvgIpc) is 2.35. The van der Waals surface area contributed by atoms with Crippen LogP contribution in [0.25, 0.3) is 0 Å². The first kappa shape index (κ1) is 14.6. The van der Waals surface area contributed by atoms with Crippen LogP contribution >= 0.6 is 11.8 Å². The molecule has 0 saturated heterocycles. The molecule has 1 unspecified atom stereocenters. The average molecular weight is 251 g/mol. The van der Waals surface area contributed by atoms with Crippen LogP contribution in [0, 0.1) is 6.92 Å². The van der Waals surface area contributed by atoms with Crippen LogP contribution in [0.4, 0.5) is 0 Å². The van der Waals surface area contributed by atoms with Crippen molar-refractivity contribution in [2.24, 2.45) is 0 Å². The molecule has 1 rings (SSSR count). The zero-order valence-corrected chi connectivity index (χ0v) is 12.1. The summed E-state index contributed by atoms with van der Waals surface area (Å²) < 4.78 is 0. The van der Waals surface area contributed by atoms with Crippen LogP contribution < -0.4 is 5.32 Å². The van der Waals surface area contributed by atoms with Crippen LogP contribution in [0.1, 0.15) is 36.8 Å². The number of thioether (sulfide) groups is 1. The Morgan fingerprint density at radius 3 is 2.71 bits per heavy atom. The summed E-state index contributed by atoms with van der Waals surface area (Å²) in [5.41, 5.74) is 2.95. The second-order valence-corrected chi connectivity index (χ2v) is 5.48. The van der Waals surface area contributed by atoms with Gasteiger partial charge in [0.15, 0.2) is 0 Å². The van der Waals surface area contributed by atoms with Gasteiger partial charge in [-0.2, -0.15) is 11.8 Å². The van der Waals surface area contributed by atoms with Crippen molar-refractivity contribution >= 4 is 11.8 Å². The lowest BCUT2D eigenvalue weighted by atomic mass is 9.91. The molecular formula is C15H25NS. The van der Waals surface area contributed by atoms with E-state index in [-0.39, 0.29) is 0 Å². The van der Waals surface area contributed by atoms with E-state index in [0.29, 0.717) is 5.92 Å². The molecule has 0 aliphatic heterocycles. The molecule has 1 atom stereocenters. The van der Waals surface area contributed by atoms with Crippen LogP contribution in [0.5, 0.6) is 0 Å². The van der Waals surface area contributed by atoms with Crippen molar-refractivity contribution in [3.05, 3.63) is 35.4 Å². The Balaban J connectivity index is 2.64. The largest absolute Gasteiger partial charge is 0.316 e. The minimum absolute atomic E-state index is 0.670. The number of hydrogen-bond acceptors (Lipinski definition) is 2. The molecule has 1 aromatic rings. The molecule has 0 bridgehead atoms. The first-order valence-corrected chi connectivity index (χ1v) is 7.94. The van der Waals surface area contributed by atoms with E-state index in [1.807, 2.05) is 11.8 Å². The highest BCUT2D eigenvalue weighted by Gasteiger charge is 2.12. The summed E-state index contributed by atoms with van der Waals surface area (Å²) in [4.78, 5) is 0. The molecule has 0 fully saturated rings. The van der Waals surface area contributed by atoms with Gasteiger partial charge in [-0.3, -0.25) is 0 Å². The molecule has 0 amide bonds. The molecule has 96 valence electrons. The molecule has 0 aliphatic rings. The van der Waals surface area contributed by atoms with Crippen molar-refractivity contribution in [2.75, 3.05) is 25.1 Å². The van der Waals surface area contributed by atoms with E-state index < -0.39 is 0 Å². The lowest BCUT2D eigenvalue weighted by Gasteiger charge is -2.19. The van der Waals surface area contributed by atoms with Crippen molar-refractivity contribution in [3.63, 3.8) is 0 Å². The highest BCUT2D eigenvalue weighted by Crippen LogP contribution is 2.24. The van der Waals surface area contributed by atoms with E-state index >= 15 is 0 Å².